The lowest BCUT2D eigenvalue weighted by atomic mass is 9.85. The molecule has 0 aliphatic carbocycles. The van der Waals surface area contributed by atoms with Gasteiger partial charge in [0.05, 0.1) is 18.0 Å². The Balaban J connectivity index is 2.56. The number of hydrogen-bond donors (Lipinski definition) is 0. The van der Waals surface area contributed by atoms with Crippen LogP contribution in [0, 0.1) is 18.3 Å². The Morgan fingerprint density at radius 1 is 1.35 bits per heavy atom. The molecule has 0 radical (unpaired) electrons. The van der Waals surface area contributed by atoms with Gasteiger partial charge in [0.15, 0.2) is 0 Å². The molecule has 2 rings (SSSR count). The van der Waals surface area contributed by atoms with Crippen molar-refractivity contribution in [3.63, 3.8) is 0 Å². The van der Waals surface area contributed by atoms with E-state index in [1.54, 1.807) is 20.2 Å². The van der Waals surface area contributed by atoms with E-state index >= 15 is 0 Å². The second kappa shape index (κ2) is 3.98. The van der Waals surface area contributed by atoms with E-state index in [9.17, 15) is 5.26 Å². The molecule has 0 bridgehead atoms. The predicted molar refractivity (Wildman–Crippen MR) is 62.0 cm³/mol. The SMILES string of the molecule is Cc1cccc(C(C)(C#N)c2cnn(C)n2)n1. The Labute approximate surface area is 99.7 Å². The number of aromatic nitrogens is 4. The van der Waals surface area contributed by atoms with E-state index in [0.29, 0.717) is 11.4 Å². The number of pyridine rings is 1. The van der Waals surface area contributed by atoms with Crippen LogP contribution in [0.4, 0.5) is 0 Å². The second-order valence-electron chi connectivity index (χ2n) is 4.12. The van der Waals surface area contributed by atoms with Gasteiger partial charge >= 0.3 is 0 Å². The Bertz CT molecular complexity index is 581. The fourth-order valence-corrected chi connectivity index (χ4v) is 1.64. The van der Waals surface area contributed by atoms with Gasteiger partial charge in [0.1, 0.15) is 11.1 Å². The van der Waals surface area contributed by atoms with E-state index in [0.717, 1.165) is 5.69 Å². The average Bonchev–Trinajstić information content (AvgIpc) is 2.75. The molecule has 1 unspecified atom stereocenters. The highest BCUT2D eigenvalue weighted by molar-refractivity contribution is 5.36. The lowest BCUT2D eigenvalue weighted by Crippen LogP contribution is -2.24. The summed E-state index contributed by atoms with van der Waals surface area (Å²) in [5, 5.41) is 17.6. The molecule has 2 aromatic heterocycles. The summed E-state index contributed by atoms with van der Waals surface area (Å²) in [5.41, 5.74) is 1.33. The van der Waals surface area contributed by atoms with Crippen LogP contribution in [-0.4, -0.2) is 20.0 Å². The minimum absolute atomic E-state index is 0.612. The Morgan fingerprint density at radius 3 is 2.65 bits per heavy atom. The average molecular weight is 227 g/mol. The standard InChI is InChI=1S/C12H13N5/c1-9-5-4-6-10(15-9)12(2,8-13)11-7-14-17(3)16-11/h4-7H,1-3H3. The van der Waals surface area contributed by atoms with Crippen molar-refractivity contribution in [2.45, 2.75) is 19.3 Å². The van der Waals surface area contributed by atoms with E-state index in [-0.39, 0.29) is 0 Å². The molecule has 5 nitrogen and oxygen atoms in total. The summed E-state index contributed by atoms with van der Waals surface area (Å²) in [7, 11) is 1.73. The fraction of sp³-hybridized carbons (Fsp3) is 0.333. The van der Waals surface area contributed by atoms with E-state index < -0.39 is 5.41 Å². The zero-order valence-electron chi connectivity index (χ0n) is 10.0. The van der Waals surface area contributed by atoms with E-state index in [1.807, 2.05) is 25.1 Å². The van der Waals surface area contributed by atoms with E-state index in [4.69, 9.17) is 0 Å². The number of hydrogen-bond acceptors (Lipinski definition) is 4. The zero-order valence-corrected chi connectivity index (χ0v) is 10.0. The minimum atomic E-state index is -0.861. The summed E-state index contributed by atoms with van der Waals surface area (Å²) < 4.78 is 0. The molecule has 1 atom stereocenters. The quantitative estimate of drug-likeness (QED) is 0.776. The highest BCUT2D eigenvalue weighted by Crippen LogP contribution is 2.27. The summed E-state index contributed by atoms with van der Waals surface area (Å²) in [5.74, 6) is 0. The molecule has 2 aromatic rings. The van der Waals surface area contributed by atoms with Gasteiger partial charge in [-0.05, 0) is 26.0 Å². The fourth-order valence-electron chi connectivity index (χ4n) is 1.64. The topological polar surface area (TPSA) is 67.4 Å². The summed E-state index contributed by atoms with van der Waals surface area (Å²) in [6.45, 7) is 3.71. The third-order valence-corrected chi connectivity index (χ3v) is 2.74. The van der Waals surface area contributed by atoms with Crippen LogP contribution in [-0.2, 0) is 12.5 Å². The third kappa shape index (κ3) is 1.89. The van der Waals surface area contributed by atoms with Crippen LogP contribution >= 0.6 is 0 Å². The first-order valence-electron chi connectivity index (χ1n) is 5.28. The maximum Gasteiger partial charge on any atom is 0.142 e. The minimum Gasteiger partial charge on any atom is -0.256 e. The van der Waals surface area contributed by atoms with Crippen LogP contribution in [0.1, 0.15) is 24.0 Å². The summed E-state index contributed by atoms with van der Waals surface area (Å²) in [4.78, 5) is 5.85. The molecule has 0 aromatic carbocycles. The lowest BCUT2D eigenvalue weighted by Gasteiger charge is -2.18. The van der Waals surface area contributed by atoms with Crippen molar-refractivity contribution in [2.75, 3.05) is 0 Å². The van der Waals surface area contributed by atoms with Crippen molar-refractivity contribution in [3.05, 3.63) is 41.5 Å². The number of rotatable bonds is 2. The molecule has 5 heteroatoms. The largest absolute Gasteiger partial charge is 0.256 e. The van der Waals surface area contributed by atoms with Crippen LogP contribution in [0.5, 0.6) is 0 Å². The molecule has 0 spiro atoms. The maximum atomic E-state index is 9.43. The summed E-state index contributed by atoms with van der Waals surface area (Å²) >= 11 is 0. The maximum absolute atomic E-state index is 9.43. The van der Waals surface area contributed by atoms with Gasteiger partial charge in [0, 0.05) is 12.7 Å². The molecule has 0 N–H and O–H groups in total. The normalized spacial score (nSPS) is 14.0. The van der Waals surface area contributed by atoms with Gasteiger partial charge in [-0.2, -0.15) is 20.3 Å². The van der Waals surface area contributed by atoms with Crippen molar-refractivity contribution in [3.8, 4) is 6.07 Å². The van der Waals surface area contributed by atoms with Gasteiger partial charge in [-0.1, -0.05) is 6.07 Å². The number of aryl methyl sites for hydroxylation is 2. The number of nitriles is 1. The highest BCUT2D eigenvalue weighted by atomic mass is 15.4. The molecule has 17 heavy (non-hydrogen) atoms. The molecule has 86 valence electrons. The van der Waals surface area contributed by atoms with Gasteiger partial charge in [-0.25, -0.2) is 0 Å². The van der Waals surface area contributed by atoms with Gasteiger partial charge < -0.3 is 0 Å². The van der Waals surface area contributed by atoms with Crippen molar-refractivity contribution in [1.29, 1.82) is 5.26 Å². The van der Waals surface area contributed by atoms with Crippen LogP contribution < -0.4 is 0 Å². The Kier molecular flexibility index (Phi) is 2.64. The zero-order chi connectivity index (χ0) is 12.5. The Morgan fingerprint density at radius 2 is 2.12 bits per heavy atom. The highest BCUT2D eigenvalue weighted by Gasteiger charge is 2.33. The summed E-state index contributed by atoms with van der Waals surface area (Å²) in [6.07, 6.45) is 1.60. The molecule has 0 aliphatic heterocycles. The van der Waals surface area contributed by atoms with Gasteiger partial charge in [0.2, 0.25) is 0 Å². The predicted octanol–water partition coefficient (Wildman–Crippen LogP) is 1.35. The third-order valence-electron chi connectivity index (χ3n) is 2.74. The molecule has 2 heterocycles. The van der Waals surface area contributed by atoms with Gasteiger partial charge in [-0.3, -0.25) is 4.98 Å². The van der Waals surface area contributed by atoms with E-state index in [2.05, 4.69) is 21.3 Å². The van der Waals surface area contributed by atoms with Crippen LogP contribution in [0.15, 0.2) is 24.4 Å². The van der Waals surface area contributed by atoms with Crippen molar-refractivity contribution < 1.29 is 0 Å². The summed E-state index contributed by atoms with van der Waals surface area (Å²) in [6, 6.07) is 7.90. The Hall–Kier alpha value is -2.22. The van der Waals surface area contributed by atoms with Gasteiger partial charge in [-0.15, -0.1) is 0 Å². The molecule has 0 saturated heterocycles. The first-order chi connectivity index (χ1) is 8.06. The molecule has 0 amide bonds. The smallest absolute Gasteiger partial charge is 0.142 e. The molecule has 0 aliphatic rings. The molecule has 0 saturated carbocycles. The molecular weight excluding hydrogens is 214 g/mol. The van der Waals surface area contributed by atoms with Crippen molar-refractivity contribution in [1.82, 2.24) is 20.0 Å². The van der Waals surface area contributed by atoms with Crippen LogP contribution in [0.2, 0.25) is 0 Å². The van der Waals surface area contributed by atoms with E-state index in [1.165, 1.54) is 4.80 Å². The second-order valence-corrected chi connectivity index (χ2v) is 4.12. The lowest BCUT2D eigenvalue weighted by molar-refractivity contribution is 0.611. The van der Waals surface area contributed by atoms with Crippen molar-refractivity contribution >= 4 is 0 Å². The monoisotopic (exact) mass is 227 g/mol. The number of nitrogens with zero attached hydrogens (tertiary/aromatic N) is 5. The van der Waals surface area contributed by atoms with Crippen LogP contribution in [0.25, 0.3) is 0 Å². The van der Waals surface area contributed by atoms with Crippen LogP contribution in [0.3, 0.4) is 0 Å². The molecular formula is C12H13N5. The first kappa shape index (κ1) is 11.3. The van der Waals surface area contributed by atoms with Gasteiger partial charge in [0.25, 0.3) is 0 Å². The first-order valence-corrected chi connectivity index (χ1v) is 5.28. The van der Waals surface area contributed by atoms with Crippen molar-refractivity contribution in [2.24, 2.45) is 7.05 Å². The molecule has 0 fully saturated rings.